The van der Waals surface area contributed by atoms with Gasteiger partial charge in [0.15, 0.2) is 4.80 Å². The maximum absolute atomic E-state index is 11.1. The highest BCUT2D eigenvalue weighted by molar-refractivity contribution is 7.10. The van der Waals surface area contributed by atoms with Gasteiger partial charge in [-0.3, -0.25) is 9.56 Å². The smallest absolute Gasteiger partial charge is 0.211 e. The zero-order valence-corrected chi connectivity index (χ0v) is 17.5. The molecule has 0 radical (unpaired) electrons. The molecule has 4 aromatic rings. The summed E-state index contributed by atoms with van der Waals surface area (Å²) in [5.41, 5.74) is 3.08. The van der Waals surface area contributed by atoms with Crippen LogP contribution in [0.5, 0.6) is 5.88 Å². The quantitative estimate of drug-likeness (QED) is 0.524. The molecule has 0 aliphatic carbocycles. The van der Waals surface area contributed by atoms with Crippen LogP contribution in [0, 0.1) is 0 Å². The molecule has 0 fully saturated rings. The molecular formula is C25H20N4OS. The Labute approximate surface area is 183 Å². The van der Waals surface area contributed by atoms with Crippen LogP contribution in [0.2, 0.25) is 0 Å². The molecule has 0 spiro atoms. The zero-order valence-electron chi connectivity index (χ0n) is 16.7. The van der Waals surface area contributed by atoms with Crippen molar-refractivity contribution in [1.29, 1.82) is 0 Å². The minimum Gasteiger partial charge on any atom is -0.493 e. The molecule has 0 bridgehead atoms. The molecule has 2 heterocycles. The Balaban J connectivity index is 1.58. The highest BCUT2D eigenvalue weighted by Crippen LogP contribution is 2.22. The second-order valence-electron chi connectivity index (χ2n) is 7.21. The van der Waals surface area contributed by atoms with Gasteiger partial charge in [-0.15, -0.1) is 0 Å². The van der Waals surface area contributed by atoms with E-state index in [0.29, 0.717) is 13.1 Å². The molecule has 0 amide bonds. The molecule has 31 heavy (non-hydrogen) atoms. The van der Waals surface area contributed by atoms with Crippen LogP contribution in [0.3, 0.4) is 0 Å². The summed E-state index contributed by atoms with van der Waals surface area (Å²) in [6.07, 6.45) is 3.53. The van der Waals surface area contributed by atoms with Gasteiger partial charge in [0.1, 0.15) is 6.34 Å². The van der Waals surface area contributed by atoms with Crippen LogP contribution < -0.4 is 15.4 Å². The number of aliphatic imine (C=N–C) groups is 1. The average Bonchev–Trinajstić information content (AvgIpc) is 3.39. The molecule has 1 aliphatic heterocycles. The predicted molar refractivity (Wildman–Crippen MR) is 124 cm³/mol. The summed E-state index contributed by atoms with van der Waals surface area (Å²) in [6.45, 7) is 1.11. The second kappa shape index (κ2) is 8.53. The maximum atomic E-state index is 11.1. The molecule has 0 atom stereocenters. The molecule has 5 nitrogen and oxygen atoms in total. The van der Waals surface area contributed by atoms with Crippen LogP contribution in [0.1, 0.15) is 16.0 Å². The van der Waals surface area contributed by atoms with E-state index in [9.17, 15) is 5.11 Å². The van der Waals surface area contributed by atoms with Crippen molar-refractivity contribution in [2.45, 2.75) is 13.1 Å². The van der Waals surface area contributed by atoms with Crippen molar-refractivity contribution < 1.29 is 5.11 Å². The van der Waals surface area contributed by atoms with Gasteiger partial charge in [-0.05, 0) is 34.6 Å². The Morgan fingerprint density at radius 2 is 1.68 bits per heavy atom. The van der Waals surface area contributed by atoms with Crippen molar-refractivity contribution in [3.8, 4) is 5.88 Å². The third-order valence-corrected chi connectivity index (χ3v) is 6.07. The van der Waals surface area contributed by atoms with E-state index in [1.54, 1.807) is 6.34 Å². The summed E-state index contributed by atoms with van der Waals surface area (Å²) >= 11 is 1.48. The van der Waals surface area contributed by atoms with E-state index in [4.69, 9.17) is 4.99 Å². The molecule has 152 valence electrons. The van der Waals surface area contributed by atoms with Crippen molar-refractivity contribution in [2.75, 3.05) is 0 Å². The first kappa shape index (κ1) is 19.2. The fourth-order valence-electron chi connectivity index (χ4n) is 3.43. The van der Waals surface area contributed by atoms with Gasteiger partial charge in [-0.1, -0.05) is 78.1 Å². The monoisotopic (exact) mass is 424 g/mol. The molecule has 0 unspecified atom stereocenters. The van der Waals surface area contributed by atoms with Crippen LogP contribution in [0.15, 0.2) is 93.8 Å². The first-order valence-corrected chi connectivity index (χ1v) is 10.8. The lowest BCUT2D eigenvalue weighted by Gasteiger charge is -2.05. The SMILES string of the molecule is Oc1c(/C=c2\ccc3c(c2)N=CN=3)sc(=NCc2ccccc2)n1Cc1ccccc1. The maximum Gasteiger partial charge on any atom is 0.211 e. The normalized spacial score (nSPS) is 13.4. The highest BCUT2D eigenvalue weighted by atomic mass is 32.1. The highest BCUT2D eigenvalue weighted by Gasteiger charge is 2.12. The minimum absolute atomic E-state index is 0.217. The number of thiazole rings is 1. The van der Waals surface area contributed by atoms with Gasteiger partial charge in [0.2, 0.25) is 5.88 Å². The molecule has 1 aromatic heterocycles. The van der Waals surface area contributed by atoms with Gasteiger partial charge in [0, 0.05) is 0 Å². The largest absolute Gasteiger partial charge is 0.493 e. The third-order valence-electron chi connectivity index (χ3n) is 5.02. The molecule has 0 saturated heterocycles. The minimum atomic E-state index is 0.217. The van der Waals surface area contributed by atoms with Crippen molar-refractivity contribution in [2.24, 2.45) is 15.0 Å². The number of benzene rings is 3. The van der Waals surface area contributed by atoms with Gasteiger partial charge in [-0.25, -0.2) is 9.98 Å². The topological polar surface area (TPSA) is 62.2 Å². The summed E-state index contributed by atoms with van der Waals surface area (Å²) in [7, 11) is 0. The number of aromatic nitrogens is 1. The third kappa shape index (κ3) is 4.25. The van der Waals surface area contributed by atoms with Crippen molar-refractivity contribution in [1.82, 2.24) is 4.57 Å². The Morgan fingerprint density at radius 3 is 2.45 bits per heavy atom. The summed E-state index contributed by atoms with van der Waals surface area (Å²) in [6, 6.07) is 26.1. The van der Waals surface area contributed by atoms with Crippen molar-refractivity contribution in [3.63, 3.8) is 0 Å². The Morgan fingerprint density at radius 1 is 0.935 bits per heavy atom. The van der Waals surface area contributed by atoms with Crippen LogP contribution in [-0.4, -0.2) is 16.0 Å². The average molecular weight is 425 g/mol. The first-order valence-electron chi connectivity index (χ1n) is 9.99. The summed E-state index contributed by atoms with van der Waals surface area (Å²) in [4.78, 5) is 14.8. The van der Waals surface area contributed by atoms with Gasteiger partial charge < -0.3 is 5.11 Å². The molecule has 5 rings (SSSR count). The Hall–Kier alpha value is -3.77. The second-order valence-corrected chi connectivity index (χ2v) is 8.22. The van der Waals surface area contributed by atoms with E-state index >= 15 is 0 Å². The Kier molecular flexibility index (Phi) is 5.29. The molecule has 0 saturated carbocycles. The fraction of sp³-hybridized carbons (Fsp3) is 0.0800. The van der Waals surface area contributed by atoms with Gasteiger partial charge in [0.05, 0.1) is 29.0 Å². The zero-order chi connectivity index (χ0) is 21.0. The Bertz CT molecular complexity index is 1430. The van der Waals surface area contributed by atoms with E-state index in [-0.39, 0.29) is 5.88 Å². The van der Waals surface area contributed by atoms with E-state index in [1.807, 2.05) is 65.2 Å². The predicted octanol–water partition coefficient (Wildman–Crippen LogP) is 3.53. The van der Waals surface area contributed by atoms with Crippen LogP contribution in [0.4, 0.5) is 5.69 Å². The summed E-state index contributed by atoms with van der Waals surface area (Å²) in [5, 5.41) is 12.9. The number of hydrogen-bond donors (Lipinski definition) is 1. The van der Waals surface area contributed by atoms with Crippen molar-refractivity contribution >= 4 is 29.4 Å². The lowest BCUT2D eigenvalue weighted by molar-refractivity contribution is 0.419. The van der Waals surface area contributed by atoms with Crippen LogP contribution in [0.25, 0.3) is 6.08 Å². The number of aromatic hydroxyl groups is 1. The molecule has 1 aliphatic rings. The van der Waals surface area contributed by atoms with E-state index in [0.717, 1.165) is 37.1 Å². The molecule has 1 N–H and O–H groups in total. The van der Waals surface area contributed by atoms with E-state index < -0.39 is 0 Å². The molecular weight excluding hydrogens is 404 g/mol. The van der Waals surface area contributed by atoms with Gasteiger partial charge >= 0.3 is 0 Å². The summed E-state index contributed by atoms with van der Waals surface area (Å²) < 4.78 is 1.87. The number of fused-ring (bicyclic) bond motifs is 1. The van der Waals surface area contributed by atoms with Crippen LogP contribution in [-0.2, 0) is 13.1 Å². The van der Waals surface area contributed by atoms with Gasteiger partial charge in [-0.2, -0.15) is 0 Å². The number of rotatable bonds is 5. The summed E-state index contributed by atoms with van der Waals surface area (Å²) in [5.74, 6) is 0.217. The number of hydrogen-bond acceptors (Lipinski definition) is 5. The fourth-order valence-corrected chi connectivity index (χ4v) is 4.42. The van der Waals surface area contributed by atoms with E-state index in [2.05, 4.69) is 34.3 Å². The standard InChI is InChI=1S/C25H20N4OS/c30-24-23(14-20-11-12-21-22(13-20)28-17-27-21)31-25(26-15-18-7-3-1-4-8-18)29(24)16-19-9-5-2-6-10-19/h1-14,17,30H,15-16H2/b20-14+,26-25?. The first-order chi connectivity index (χ1) is 15.3. The lowest BCUT2D eigenvalue weighted by Crippen LogP contribution is -2.15. The van der Waals surface area contributed by atoms with Crippen molar-refractivity contribution in [3.05, 3.63) is 110 Å². The van der Waals surface area contributed by atoms with Gasteiger partial charge in [0.25, 0.3) is 0 Å². The van der Waals surface area contributed by atoms with Crippen LogP contribution >= 0.6 is 11.3 Å². The number of nitrogens with zero attached hydrogens (tertiary/aromatic N) is 4. The molecule has 6 heteroatoms. The molecule has 3 aromatic carbocycles. The van der Waals surface area contributed by atoms with E-state index in [1.165, 1.54) is 11.3 Å². The lowest BCUT2D eigenvalue weighted by atomic mass is 10.2.